The molecular formula is C20H26N4O. The first-order valence-corrected chi connectivity index (χ1v) is 8.88. The molecule has 0 spiro atoms. The third-order valence-corrected chi connectivity index (χ3v) is 4.91. The minimum absolute atomic E-state index is 0.0434. The van der Waals surface area contributed by atoms with Crippen LogP contribution in [-0.2, 0) is 4.79 Å². The van der Waals surface area contributed by atoms with Gasteiger partial charge in [0.1, 0.15) is 0 Å². The first-order chi connectivity index (χ1) is 11.9. The number of piperidine rings is 1. The zero-order valence-corrected chi connectivity index (χ0v) is 15.5. The van der Waals surface area contributed by atoms with E-state index in [-0.39, 0.29) is 11.8 Å². The van der Waals surface area contributed by atoms with Crippen molar-refractivity contribution in [3.8, 4) is 0 Å². The van der Waals surface area contributed by atoms with Crippen LogP contribution in [0, 0.1) is 33.6 Å². The largest absolute Gasteiger partial charge is 0.340 e. The van der Waals surface area contributed by atoms with E-state index >= 15 is 0 Å². The molecule has 0 bridgehead atoms. The van der Waals surface area contributed by atoms with Gasteiger partial charge in [-0.3, -0.25) is 4.79 Å². The van der Waals surface area contributed by atoms with Crippen molar-refractivity contribution in [2.45, 2.75) is 40.5 Å². The van der Waals surface area contributed by atoms with E-state index in [1.807, 2.05) is 39.0 Å². The quantitative estimate of drug-likeness (QED) is 0.929. The van der Waals surface area contributed by atoms with Gasteiger partial charge in [0.25, 0.3) is 0 Å². The van der Waals surface area contributed by atoms with Gasteiger partial charge in [-0.1, -0.05) is 12.1 Å². The molecule has 1 aromatic heterocycles. The molecule has 1 aromatic carbocycles. The van der Waals surface area contributed by atoms with Crippen LogP contribution in [0.4, 0.5) is 11.6 Å². The Hall–Kier alpha value is -2.43. The highest BCUT2D eigenvalue weighted by molar-refractivity contribution is 5.93. The lowest BCUT2D eigenvalue weighted by molar-refractivity contribution is -0.120. The molecule has 1 unspecified atom stereocenters. The van der Waals surface area contributed by atoms with Crippen molar-refractivity contribution in [1.82, 2.24) is 9.97 Å². The van der Waals surface area contributed by atoms with Crippen LogP contribution in [0.5, 0.6) is 0 Å². The van der Waals surface area contributed by atoms with Crippen LogP contribution >= 0.6 is 0 Å². The van der Waals surface area contributed by atoms with Crippen molar-refractivity contribution in [3.63, 3.8) is 0 Å². The summed E-state index contributed by atoms with van der Waals surface area (Å²) in [4.78, 5) is 24.0. The Morgan fingerprint density at radius 1 is 1.16 bits per heavy atom. The molecule has 1 fully saturated rings. The Morgan fingerprint density at radius 2 is 1.88 bits per heavy atom. The summed E-state index contributed by atoms with van der Waals surface area (Å²) in [6, 6.07) is 7.98. The monoisotopic (exact) mass is 338 g/mol. The van der Waals surface area contributed by atoms with Gasteiger partial charge in [-0.05, 0) is 63.8 Å². The molecule has 0 saturated carbocycles. The number of aromatic nitrogens is 2. The highest BCUT2D eigenvalue weighted by atomic mass is 16.1. The second-order valence-electron chi connectivity index (χ2n) is 6.97. The molecule has 2 aromatic rings. The van der Waals surface area contributed by atoms with Gasteiger partial charge in [0.05, 0.1) is 5.92 Å². The number of anilines is 2. The summed E-state index contributed by atoms with van der Waals surface area (Å²) in [6.07, 6.45) is 1.87. The summed E-state index contributed by atoms with van der Waals surface area (Å²) >= 11 is 0. The van der Waals surface area contributed by atoms with Crippen LogP contribution in [0.3, 0.4) is 0 Å². The van der Waals surface area contributed by atoms with Gasteiger partial charge in [-0.15, -0.1) is 0 Å². The topological polar surface area (TPSA) is 58.1 Å². The lowest BCUT2D eigenvalue weighted by Crippen LogP contribution is -2.41. The van der Waals surface area contributed by atoms with Gasteiger partial charge in [-0.25, -0.2) is 9.97 Å². The van der Waals surface area contributed by atoms with Crippen LogP contribution in [0.15, 0.2) is 24.3 Å². The number of hydrogen-bond acceptors (Lipinski definition) is 4. The normalized spacial score (nSPS) is 17.4. The van der Waals surface area contributed by atoms with Crippen molar-refractivity contribution >= 4 is 17.5 Å². The predicted molar refractivity (Wildman–Crippen MR) is 101 cm³/mol. The lowest BCUT2D eigenvalue weighted by atomic mass is 9.97. The highest BCUT2D eigenvalue weighted by Gasteiger charge is 2.27. The van der Waals surface area contributed by atoms with Gasteiger partial charge in [0.2, 0.25) is 11.9 Å². The van der Waals surface area contributed by atoms with E-state index in [4.69, 9.17) is 0 Å². The van der Waals surface area contributed by atoms with E-state index in [1.54, 1.807) is 0 Å². The molecule has 1 aliphatic rings. The van der Waals surface area contributed by atoms with Crippen molar-refractivity contribution in [2.24, 2.45) is 5.92 Å². The number of amides is 1. The number of carbonyl (C=O) groups is 1. The Balaban J connectivity index is 1.72. The Bertz CT molecular complexity index is 767. The second-order valence-corrected chi connectivity index (χ2v) is 6.97. The molecule has 0 aliphatic carbocycles. The maximum absolute atomic E-state index is 12.8. The van der Waals surface area contributed by atoms with Crippen molar-refractivity contribution in [3.05, 3.63) is 46.8 Å². The minimum Gasteiger partial charge on any atom is -0.340 e. The van der Waals surface area contributed by atoms with Crippen molar-refractivity contribution < 1.29 is 4.79 Å². The summed E-state index contributed by atoms with van der Waals surface area (Å²) in [7, 11) is 0. The standard InChI is InChI=1S/C20H26N4O/c1-13-7-5-9-18(16(13)4)23-19(25)17-8-6-10-24(12-17)20-21-14(2)11-15(3)22-20/h5,7,9,11,17H,6,8,10,12H2,1-4H3,(H,23,25). The highest BCUT2D eigenvalue weighted by Crippen LogP contribution is 2.24. The third kappa shape index (κ3) is 3.98. The molecule has 0 radical (unpaired) electrons. The van der Waals surface area contributed by atoms with E-state index in [0.29, 0.717) is 6.54 Å². The smallest absolute Gasteiger partial charge is 0.229 e. The molecule has 5 nitrogen and oxygen atoms in total. The minimum atomic E-state index is -0.0434. The lowest BCUT2D eigenvalue weighted by Gasteiger charge is -2.32. The molecule has 5 heteroatoms. The predicted octanol–water partition coefficient (Wildman–Crippen LogP) is 3.57. The second kappa shape index (κ2) is 7.21. The van der Waals surface area contributed by atoms with Gasteiger partial charge in [0.15, 0.2) is 0 Å². The Morgan fingerprint density at radius 3 is 2.60 bits per heavy atom. The van der Waals surface area contributed by atoms with Crippen molar-refractivity contribution in [2.75, 3.05) is 23.3 Å². The number of nitrogens with one attached hydrogen (secondary N) is 1. The zero-order chi connectivity index (χ0) is 18.0. The fraction of sp³-hybridized carbons (Fsp3) is 0.450. The zero-order valence-electron chi connectivity index (χ0n) is 15.5. The summed E-state index contributed by atoms with van der Waals surface area (Å²) in [5.74, 6) is 0.780. The molecule has 3 rings (SSSR count). The summed E-state index contributed by atoms with van der Waals surface area (Å²) in [6.45, 7) is 9.63. The maximum atomic E-state index is 12.8. The molecule has 2 heterocycles. The van der Waals surface area contributed by atoms with E-state index < -0.39 is 0 Å². The number of carbonyl (C=O) groups excluding carboxylic acids is 1. The number of benzene rings is 1. The number of nitrogens with zero attached hydrogens (tertiary/aromatic N) is 3. The summed E-state index contributed by atoms with van der Waals surface area (Å²) in [5, 5.41) is 3.11. The van der Waals surface area contributed by atoms with Crippen LogP contribution < -0.4 is 10.2 Å². The molecule has 1 N–H and O–H groups in total. The van der Waals surface area contributed by atoms with Gasteiger partial charge in [-0.2, -0.15) is 0 Å². The number of rotatable bonds is 3. The van der Waals surface area contributed by atoms with E-state index in [2.05, 4.69) is 33.2 Å². The molecular weight excluding hydrogens is 312 g/mol. The molecule has 25 heavy (non-hydrogen) atoms. The number of aryl methyl sites for hydroxylation is 3. The Labute approximate surface area is 149 Å². The van der Waals surface area contributed by atoms with Crippen molar-refractivity contribution in [1.29, 1.82) is 0 Å². The van der Waals surface area contributed by atoms with Gasteiger partial charge in [0, 0.05) is 30.2 Å². The van der Waals surface area contributed by atoms with Gasteiger partial charge >= 0.3 is 0 Å². The fourth-order valence-corrected chi connectivity index (χ4v) is 3.34. The van der Waals surface area contributed by atoms with Gasteiger partial charge < -0.3 is 10.2 Å². The van der Waals surface area contributed by atoms with Crippen LogP contribution in [-0.4, -0.2) is 29.0 Å². The molecule has 1 atom stereocenters. The Kier molecular flexibility index (Phi) is 5.02. The fourth-order valence-electron chi connectivity index (χ4n) is 3.34. The summed E-state index contributed by atoms with van der Waals surface area (Å²) < 4.78 is 0. The molecule has 1 aliphatic heterocycles. The maximum Gasteiger partial charge on any atom is 0.229 e. The average molecular weight is 338 g/mol. The molecule has 1 amide bonds. The molecule has 1 saturated heterocycles. The third-order valence-electron chi connectivity index (χ3n) is 4.91. The molecule has 132 valence electrons. The van der Waals surface area contributed by atoms with Crippen LogP contribution in [0.1, 0.15) is 35.4 Å². The van der Waals surface area contributed by atoms with Crippen LogP contribution in [0.25, 0.3) is 0 Å². The van der Waals surface area contributed by atoms with E-state index in [0.717, 1.165) is 48.0 Å². The van der Waals surface area contributed by atoms with Crippen LogP contribution in [0.2, 0.25) is 0 Å². The van der Waals surface area contributed by atoms with E-state index in [1.165, 1.54) is 5.56 Å². The first kappa shape index (κ1) is 17.4. The number of hydrogen-bond donors (Lipinski definition) is 1. The SMILES string of the molecule is Cc1cc(C)nc(N2CCCC(C(=O)Nc3cccc(C)c3C)C2)n1. The average Bonchev–Trinajstić information content (AvgIpc) is 2.58. The summed E-state index contributed by atoms with van der Waals surface area (Å²) in [5.41, 5.74) is 5.14. The van der Waals surface area contributed by atoms with E-state index in [9.17, 15) is 4.79 Å². The first-order valence-electron chi connectivity index (χ1n) is 8.88.